The fourth-order valence-electron chi connectivity index (χ4n) is 1.31. The molecule has 0 aromatic carbocycles. The van der Waals surface area contributed by atoms with Crippen LogP contribution in [0.5, 0.6) is 0 Å². The second-order valence-electron chi connectivity index (χ2n) is 3.35. The van der Waals surface area contributed by atoms with Gasteiger partial charge in [-0.25, -0.2) is 0 Å². The van der Waals surface area contributed by atoms with E-state index in [4.69, 9.17) is 5.11 Å². The normalized spacial score (nSPS) is 9.88. The molecule has 0 bridgehead atoms. The van der Waals surface area contributed by atoms with Crippen molar-refractivity contribution in [3.05, 3.63) is 34.0 Å². The first-order valence-corrected chi connectivity index (χ1v) is 6.69. The summed E-state index contributed by atoms with van der Waals surface area (Å²) in [5.74, 6) is 5.99. The van der Waals surface area contributed by atoms with Crippen molar-refractivity contribution in [3.63, 3.8) is 0 Å². The first kappa shape index (κ1) is 11.4. The van der Waals surface area contributed by atoms with Crippen LogP contribution in [-0.2, 0) is 0 Å². The zero-order valence-corrected chi connectivity index (χ0v) is 10.6. The maximum atomic E-state index is 8.63. The molecule has 0 atom stereocenters. The van der Waals surface area contributed by atoms with Crippen LogP contribution in [0.1, 0.15) is 16.2 Å². The third-order valence-corrected chi connectivity index (χ3v) is 4.23. The Kier molecular flexibility index (Phi) is 3.79. The minimum atomic E-state index is 0.134. The van der Waals surface area contributed by atoms with Gasteiger partial charge in [0.25, 0.3) is 0 Å². The molecule has 0 fully saturated rings. The standard InChI is InChI=1S/C13H12OS2/c1-10-5-7-12(15-10)13-8-6-11(16-13)4-2-3-9-14/h5-8,14H,3,9H2,1H3. The van der Waals surface area contributed by atoms with Crippen LogP contribution in [0.3, 0.4) is 0 Å². The lowest BCUT2D eigenvalue weighted by atomic mass is 10.3. The molecule has 0 aliphatic rings. The Hall–Kier alpha value is -1.08. The highest BCUT2D eigenvalue weighted by Gasteiger charge is 2.03. The minimum absolute atomic E-state index is 0.134. The first-order valence-electron chi connectivity index (χ1n) is 5.06. The molecule has 2 rings (SSSR count). The van der Waals surface area contributed by atoms with Crippen LogP contribution in [0.25, 0.3) is 9.75 Å². The van der Waals surface area contributed by atoms with Gasteiger partial charge in [-0.1, -0.05) is 11.8 Å². The van der Waals surface area contributed by atoms with Gasteiger partial charge in [0, 0.05) is 21.1 Å². The zero-order chi connectivity index (χ0) is 11.4. The molecule has 1 N–H and O–H groups in total. The van der Waals surface area contributed by atoms with Crippen LogP contribution in [0.2, 0.25) is 0 Å². The van der Waals surface area contributed by atoms with Crippen LogP contribution in [0.15, 0.2) is 24.3 Å². The van der Waals surface area contributed by atoms with Crippen molar-refractivity contribution < 1.29 is 5.11 Å². The van der Waals surface area contributed by atoms with Crippen LogP contribution in [-0.4, -0.2) is 11.7 Å². The van der Waals surface area contributed by atoms with Gasteiger partial charge in [-0.2, -0.15) is 0 Å². The van der Waals surface area contributed by atoms with E-state index in [2.05, 4.69) is 37.0 Å². The van der Waals surface area contributed by atoms with Crippen molar-refractivity contribution in [2.45, 2.75) is 13.3 Å². The Morgan fingerprint density at radius 3 is 2.56 bits per heavy atom. The van der Waals surface area contributed by atoms with E-state index < -0.39 is 0 Å². The number of hydrogen-bond donors (Lipinski definition) is 1. The largest absolute Gasteiger partial charge is 0.395 e. The second kappa shape index (κ2) is 5.31. The zero-order valence-electron chi connectivity index (χ0n) is 8.99. The van der Waals surface area contributed by atoms with Gasteiger partial charge in [-0.05, 0) is 31.2 Å². The predicted molar refractivity (Wildman–Crippen MR) is 70.9 cm³/mol. The molecule has 0 saturated heterocycles. The fraction of sp³-hybridized carbons (Fsp3) is 0.231. The van der Waals surface area contributed by atoms with Gasteiger partial charge in [0.2, 0.25) is 0 Å². The van der Waals surface area contributed by atoms with Gasteiger partial charge in [-0.15, -0.1) is 22.7 Å². The highest BCUT2D eigenvalue weighted by atomic mass is 32.1. The summed E-state index contributed by atoms with van der Waals surface area (Å²) in [6, 6.07) is 8.44. The van der Waals surface area contributed by atoms with Gasteiger partial charge in [0.15, 0.2) is 0 Å². The Bertz CT molecular complexity index is 525. The van der Waals surface area contributed by atoms with E-state index in [0.29, 0.717) is 6.42 Å². The van der Waals surface area contributed by atoms with Crippen molar-refractivity contribution >= 4 is 22.7 Å². The molecule has 16 heavy (non-hydrogen) atoms. The van der Waals surface area contributed by atoms with Crippen molar-refractivity contribution in [2.24, 2.45) is 0 Å². The lowest BCUT2D eigenvalue weighted by Gasteiger charge is -1.87. The van der Waals surface area contributed by atoms with Gasteiger partial charge in [-0.3, -0.25) is 0 Å². The molecule has 0 aliphatic heterocycles. The first-order chi connectivity index (χ1) is 7.79. The van der Waals surface area contributed by atoms with Gasteiger partial charge >= 0.3 is 0 Å². The van der Waals surface area contributed by atoms with E-state index in [0.717, 1.165) is 4.88 Å². The summed E-state index contributed by atoms with van der Waals surface area (Å²) in [5.41, 5.74) is 0. The number of hydrogen-bond acceptors (Lipinski definition) is 3. The summed E-state index contributed by atoms with van der Waals surface area (Å²) >= 11 is 3.51. The lowest BCUT2D eigenvalue weighted by Crippen LogP contribution is -1.75. The molecule has 2 aromatic rings. The minimum Gasteiger partial charge on any atom is -0.395 e. The highest BCUT2D eigenvalue weighted by molar-refractivity contribution is 7.22. The summed E-state index contributed by atoms with van der Waals surface area (Å²) in [5, 5.41) is 8.63. The molecule has 82 valence electrons. The Labute approximate surface area is 103 Å². The molecule has 0 amide bonds. The van der Waals surface area contributed by atoms with E-state index >= 15 is 0 Å². The molecule has 0 aliphatic carbocycles. The molecule has 2 heterocycles. The van der Waals surface area contributed by atoms with Crippen molar-refractivity contribution in [1.29, 1.82) is 0 Å². The summed E-state index contributed by atoms with van der Waals surface area (Å²) in [7, 11) is 0. The van der Waals surface area contributed by atoms with Crippen LogP contribution in [0, 0.1) is 18.8 Å². The van der Waals surface area contributed by atoms with Crippen LogP contribution >= 0.6 is 22.7 Å². The third kappa shape index (κ3) is 2.73. The maximum Gasteiger partial charge on any atom is 0.0775 e. The topological polar surface area (TPSA) is 20.2 Å². The predicted octanol–water partition coefficient (Wildman–Crippen LogP) is 3.52. The average Bonchev–Trinajstić information content (AvgIpc) is 2.87. The maximum absolute atomic E-state index is 8.63. The van der Waals surface area contributed by atoms with Gasteiger partial charge in [0.1, 0.15) is 0 Å². The smallest absolute Gasteiger partial charge is 0.0775 e. The van der Waals surface area contributed by atoms with E-state index in [-0.39, 0.29) is 6.61 Å². The van der Waals surface area contributed by atoms with Crippen molar-refractivity contribution in [2.75, 3.05) is 6.61 Å². The third-order valence-electron chi connectivity index (χ3n) is 2.04. The average molecular weight is 248 g/mol. The Morgan fingerprint density at radius 1 is 1.12 bits per heavy atom. The molecule has 0 unspecified atom stereocenters. The van der Waals surface area contributed by atoms with Crippen LogP contribution < -0.4 is 0 Å². The van der Waals surface area contributed by atoms with Crippen molar-refractivity contribution in [1.82, 2.24) is 0 Å². The van der Waals surface area contributed by atoms with E-state index in [1.54, 1.807) is 22.7 Å². The number of thiophene rings is 2. The molecule has 0 radical (unpaired) electrons. The molecule has 0 saturated carbocycles. The van der Waals surface area contributed by atoms with E-state index in [1.165, 1.54) is 14.6 Å². The fourth-order valence-corrected chi connectivity index (χ4v) is 3.15. The summed E-state index contributed by atoms with van der Waals surface area (Å²) in [6.45, 7) is 2.25. The number of aliphatic hydroxyl groups is 1. The molecular formula is C13H12OS2. The SMILES string of the molecule is Cc1ccc(-c2ccc(C#CCCO)s2)s1. The van der Waals surface area contributed by atoms with E-state index in [9.17, 15) is 0 Å². The van der Waals surface area contributed by atoms with Gasteiger partial charge < -0.3 is 5.11 Å². The summed E-state index contributed by atoms with van der Waals surface area (Å²) in [6.07, 6.45) is 0.547. The molecule has 3 heteroatoms. The van der Waals surface area contributed by atoms with E-state index in [1.807, 2.05) is 6.07 Å². The molecule has 2 aromatic heterocycles. The molecular weight excluding hydrogens is 236 g/mol. The quantitative estimate of drug-likeness (QED) is 0.806. The summed E-state index contributed by atoms with van der Waals surface area (Å²) < 4.78 is 0. The second-order valence-corrected chi connectivity index (χ2v) is 5.72. The Morgan fingerprint density at radius 2 is 1.88 bits per heavy atom. The van der Waals surface area contributed by atoms with Crippen molar-refractivity contribution in [3.8, 4) is 21.6 Å². The highest BCUT2D eigenvalue weighted by Crippen LogP contribution is 2.32. The monoisotopic (exact) mass is 248 g/mol. The summed E-state index contributed by atoms with van der Waals surface area (Å²) in [4.78, 5) is 4.97. The van der Waals surface area contributed by atoms with Crippen LogP contribution in [0.4, 0.5) is 0 Å². The molecule has 1 nitrogen and oxygen atoms in total. The number of aryl methyl sites for hydroxylation is 1. The van der Waals surface area contributed by atoms with Gasteiger partial charge in [0.05, 0.1) is 11.5 Å². The Balaban J connectivity index is 2.17. The lowest BCUT2D eigenvalue weighted by molar-refractivity contribution is 0.305. The number of rotatable bonds is 2. The number of aliphatic hydroxyl groups excluding tert-OH is 1. The molecule has 0 spiro atoms.